The molecule has 0 spiro atoms. The van der Waals surface area contributed by atoms with E-state index in [1.54, 1.807) is 6.07 Å². The summed E-state index contributed by atoms with van der Waals surface area (Å²) >= 11 is 15.3. The van der Waals surface area contributed by atoms with Crippen molar-refractivity contribution < 1.29 is 24.1 Å². The Balaban J connectivity index is 2.49. The molecule has 0 radical (unpaired) electrons. The van der Waals surface area contributed by atoms with Crippen molar-refractivity contribution in [2.45, 2.75) is 19.8 Å². The molecule has 2 rings (SSSR count). The maximum absolute atomic E-state index is 14.0. The maximum atomic E-state index is 14.0. The average molecular weight is 468 g/mol. The minimum Gasteiger partial charge on any atom is -0.508 e. The maximum Gasteiger partial charge on any atom is 0.322 e. The summed E-state index contributed by atoms with van der Waals surface area (Å²) < 4.78 is 20.0. The third-order valence-electron chi connectivity index (χ3n) is 3.32. The van der Waals surface area contributed by atoms with E-state index in [4.69, 9.17) is 33.0 Å². The van der Waals surface area contributed by atoms with Crippen molar-refractivity contribution >= 4 is 50.9 Å². The highest BCUT2D eigenvalue weighted by Crippen LogP contribution is 2.44. The summed E-state index contributed by atoms with van der Waals surface area (Å²) in [7, 11) is 0. The number of nitrogens with zero attached hydrogens (tertiary/aromatic N) is 1. The number of carbonyl (C=O) groups is 1. The second-order valence-corrected chi connectivity index (χ2v) is 7.16. The van der Waals surface area contributed by atoms with Gasteiger partial charge in [-0.15, -0.1) is 0 Å². The highest BCUT2D eigenvalue weighted by atomic mass is 79.9. The molecule has 140 valence electrons. The zero-order valence-electron chi connectivity index (χ0n) is 13.6. The van der Waals surface area contributed by atoms with Crippen LogP contribution in [0.2, 0.25) is 10.0 Å². The van der Waals surface area contributed by atoms with Crippen molar-refractivity contribution in [1.82, 2.24) is 4.98 Å². The summed E-state index contributed by atoms with van der Waals surface area (Å²) in [6.07, 6.45) is 0. The molecule has 10 heteroatoms. The van der Waals surface area contributed by atoms with Gasteiger partial charge in [-0.2, -0.15) is 9.37 Å². The van der Waals surface area contributed by atoms with Gasteiger partial charge in [0.1, 0.15) is 28.1 Å². The van der Waals surface area contributed by atoms with Crippen LogP contribution in [0.1, 0.15) is 25.3 Å². The van der Waals surface area contributed by atoms with Crippen LogP contribution in [0, 0.1) is 5.95 Å². The minimum absolute atomic E-state index is 0.00151. The fourth-order valence-corrected chi connectivity index (χ4v) is 2.95. The number of aromatic nitrogens is 1. The van der Waals surface area contributed by atoms with Gasteiger partial charge in [-0.3, -0.25) is 4.79 Å². The number of halogens is 4. The predicted molar refractivity (Wildman–Crippen MR) is 100 cm³/mol. The summed E-state index contributed by atoms with van der Waals surface area (Å²) in [6, 6.07) is 3.01. The lowest BCUT2D eigenvalue weighted by atomic mass is 10.0. The van der Waals surface area contributed by atoms with E-state index in [2.05, 4.69) is 26.2 Å². The van der Waals surface area contributed by atoms with Crippen molar-refractivity contribution in [2.24, 2.45) is 0 Å². The quantitative estimate of drug-likeness (QED) is 0.492. The number of benzene rings is 1. The summed E-state index contributed by atoms with van der Waals surface area (Å²) in [5.41, 5.74) is 0.606. The van der Waals surface area contributed by atoms with Crippen LogP contribution in [-0.4, -0.2) is 27.7 Å². The molecule has 0 saturated carbocycles. The molecule has 0 bridgehead atoms. The number of phenols is 1. The number of rotatable bonds is 6. The van der Waals surface area contributed by atoms with Crippen LogP contribution in [0.5, 0.6) is 17.2 Å². The summed E-state index contributed by atoms with van der Waals surface area (Å²) in [5.74, 6) is -2.38. The molecule has 1 heterocycles. The zero-order chi connectivity index (χ0) is 19.6. The Labute approximate surface area is 167 Å². The van der Waals surface area contributed by atoms with Crippen molar-refractivity contribution in [2.75, 3.05) is 11.9 Å². The number of carboxylic acid groups (broad SMARTS) is 1. The Bertz CT molecular complexity index is 865. The molecular formula is C16H14BrCl2FN2O4. The fraction of sp³-hybridized carbons (Fsp3) is 0.250. The second-order valence-electron chi connectivity index (χ2n) is 5.55. The van der Waals surface area contributed by atoms with Crippen LogP contribution in [-0.2, 0) is 4.79 Å². The van der Waals surface area contributed by atoms with Crippen LogP contribution < -0.4 is 10.1 Å². The Kier molecular flexibility index (Phi) is 6.54. The Morgan fingerprint density at radius 1 is 1.38 bits per heavy atom. The van der Waals surface area contributed by atoms with Gasteiger partial charge in [0.2, 0.25) is 5.95 Å². The number of anilines is 1. The van der Waals surface area contributed by atoms with Crippen LogP contribution in [0.15, 0.2) is 16.6 Å². The van der Waals surface area contributed by atoms with E-state index < -0.39 is 23.5 Å². The number of ether oxygens (including phenoxy) is 1. The van der Waals surface area contributed by atoms with Crippen LogP contribution in [0.25, 0.3) is 0 Å². The Hall–Kier alpha value is -1.77. The van der Waals surface area contributed by atoms with Crippen LogP contribution in [0.4, 0.5) is 10.2 Å². The number of pyridine rings is 1. The van der Waals surface area contributed by atoms with Gasteiger partial charge < -0.3 is 20.3 Å². The summed E-state index contributed by atoms with van der Waals surface area (Å²) in [4.78, 5) is 14.2. The lowest BCUT2D eigenvalue weighted by Crippen LogP contribution is -2.14. The van der Waals surface area contributed by atoms with Gasteiger partial charge in [0.25, 0.3) is 0 Å². The normalized spacial score (nSPS) is 10.9. The first-order valence-corrected chi connectivity index (χ1v) is 8.87. The first-order valence-electron chi connectivity index (χ1n) is 7.32. The highest BCUT2D eigenvalue weighted by molar-refractivity contribution is 9.10. The van der Waals surface area contributed by atoms with E-state index in [1.807, 2.05) is 13.8 Å². The molecule has 1 aromatic carbocycles. The van der Waals surface area contributed by atoms with Crippen LogP contribution >= 0.6 is 39.1 Å². The SMILES string of the molecule is CC(C)c1cc(Oc2c(Cl)c(F)nc(NCC(=O)O)c2Cl)c(Br)cc1O. The molecule has 0 aliphatic carbocycles. The third-order valence-corrected chi connectivity index (χ3v) is 4.62. The molecule has 0 amide bonds. The van der Waals surface area contributed by atoms with Crippen molar-refractivity contribution in [1.29, 1.82) is 0 Å². The molecule has 2 aromatic rings. The van der Waals surface area contributed by atoms with E-state index in [0.29, 0.717) is 10.0 Å². The second kappa shape index (κ2) is 8.28. The molecule has 1 aromatic heterocycles. The zero-order valence-corrected chi connectivity index (χ0v) is 16.7. The lowest BCUT2D eigenvalue weighted by Gasteiger charge is -2.16. The number of hydrogen-bond acceptors (Lipinski definition) is 5. The van der Waals surface area contributed by atoms with E-state index in [9.17, 15) is 14.3 Å². The molecule has 0 fully saturated rings. The molecule has 26 heavy (non-hydrogen) atoms. The fourth-order valence-electron chi connectivity index (χ4n) is 2.07. The molecule has 3 N–H and O–H groups in total. The van der Waals surface area contributed by atoms with Gasteiger partial charge in [0, 0.05) is 5.56 Å². The number of aliphatic carboxylic acids is 1. The van der Waals surface area contributed by atoms with Crippen molar-refractivity contribution in [3.63, 3.8) is 0 Å². The smallest absolute Gasteiger partial charge is 0.322 e. The van der Waals surface area contributed by atoms with Gasteiger partial charge in [-0.1, -0.05) is 37.0 Å². The van der Waals surface area contributed by atoms with Crippen LogP contribution in [0.3, 0.4) is 0 Å². The largest absolute Gasteiger partial charge is 0.508 e. The molecule has 0 aliphatic rings. The Morgan fingerprint density at radius 2 is 2.04 bits per heavy atom. The number of nitrogens with one attached hydrogen (secondary N) is 1. The van der Waals surface area contributed by atoms with Gasteiger partial charge in [0.05, 0.1) is 4.47 Å². The average Bonchev–Trinajstić information content (AvgIpc) is 2.54. The predicted octanol–water partition coefficient (Wildman–Crippen LogP) is 5.41. The lowest BCUT2D eigenvalue weighted by molar-refractivity contribution is -0.134. The number of aromatic hydroxyl groups is 1. The van der Waals surface area contributed by atoms with Gasteiger partial charge in [0.15, 0.2) is 11.6 Å². The number of hydrogen-bond donors (Lipinski definition) is 3. The first kappa shape index (κ1) is 20.5. The third kappa shape index (κ3) is 4.49. The molecular weight excluding hydrogens is 454 g/mol. The summed E-state index contributed by atoms with van der Waals surface area (Å²) in [5, 5.41) is 20.5. The molecule has 0 unspecified atom stereocenters. The molecule has 0 aliphatic heterocycles. The molecule has 0 saturated heterocycles. The number of phenolic OH excluding ortho intramolecular Hbond substituents is 1. The number of carboxylic acids is 1. The van der Waals surface area contributed by atoms with E-state index in [1.165, 1.54) is 6.07 Å². The standard InChI is InChI=1S/C16H14BrCl2FN2O4/c1-6(2)7-3-10(8(17)4-9(7)23)26-14-12(18)15(20)22-16(13(14)19)21-5-11(24)25/h3-4,6,23H,5H2,1-2H3,(H,21,22)(H,24,25). The van der Waals surface area contributed by atoms with Gasteiger partial charge in [-0.05, 0) is 34.0 Å². The topological polar surface area (TPSA) is 91.7 Å². The van der Waals surface area contributed by atoms with Gasteiger partial charge in [-0.25, -0.2) is 0 Å². The van der Waals surface area contributed by atoms with E-state index in [-0.39, 0.29) is 34.0 Å². The van der Waals surface area contributed by atoms with E-state index >= 15 is 0 Å². The molecule has 6 nitrogen and oxygen atoms in total. The minimum atomic E-state index is -1.18. The highest BCUT2D eigenvalue weighted by Gasteiger charge is 2.22. The molecule has 0 atom stereocenters. The summed E-state index contributed by atoms with van der Waals surface area (Å²) in [6.45, 7) is 3.24. The first-order chi connectivity index (χ1) is 12.1. The van der Waals surface area contributed by atoms with Crippen molar-refractivity contribution in [3.05, 3.63) is 38.2 Å². The van der Waals surface area contributed by atoms with Crippen molar-refractivity contribution in [3.8, 4) is 17.2 Å². The monoisotopic (exact) mass is 466 g/mol. The van der Waals surface area contributed by atoms with E-state index in [0.717, 1.165) is 0 Å². The van der Waals surface area contributed by atoms with Gasteiger partial charge >= 0.3 is 5.97 Å². The Morgan fingerprint density at radius 3 is 2.62 bits per heavy atom.